The Bertz CT molecular complexity index is 657. The number of hydrogen-bond donors (Lipinski definition) is 1. The fourth-order valence-electron chi connectivity index (χ4n) is 2.77. The predicted molar refractivity (Wildman–Crippen MR) is 79.8 cm³/mol. The van der Waals surface area contributed by atoms with E-state index in [0.29, 0.717) is 18.4 Å². The molecule has 1 atom stereocenters. The molecule has 0 saturated carbocycles. The third kappa shape index (κ3) is 2.67. The van der Waals surface area contributed by atoms with Gasteiger partial charge in [0.1, 0.15) is 18.2 Å². The zero-order chi connectivity index (χ0) is 14.8. The van der Waals surface area contributed by atoms with Gasteiger partial charge in [0.05, 0.1) is 6.54 Å². The molecule has 0 amide bonds. The van der Waals surface area contributed by atoms with E-state index < -0.39 is 6.10 Å². The van der Waals surface area contributed by atoms with E-state index in [0.717, 1.165) is 23.2 Å². The number of nitrogens with zero attached hydrogens (tertiary/aromatic N) is 1. The molecule has 0 aromatic heterocycles. The summed E-state index contributed by atoms with van der Waals surface area (Å²) in [5, 5.41) is 9.50. The number of halogens is 1. The van der Waals surface area contributed by atoms with Crippen LogP contribution < -0.4 is 4.90 Å². The summed E-state index contributed by atoms with van der Waals surface area (Å²) in [5.74, 6) is -0.238. The molecule has 0 fully saturated rings. The lowest BCUT2D eigenvalue weighted by Gasteiger charge is -2.21. The van der Waals surface area contributed by atoms with Gasteiger partial charge in [0.25, 0.3) is 0 Å². The van der Waals surface area contributed by atoms with E-state index in [1.165, 1.54) is 0 Å². The summed E-state index contributed by atoms with van der Waals surface area (Å²) < 4.78 is 14.3. The van der Waals surface area contributed by atoms with Crippen LogP contribution >= 0.6 is 0 Å². The lowest BCUT2D eigenvalue weighted by atomic mass is 10.0. The molecule has 0 aliphatic carbocycles. The lowest BCUT2D eigenvalue weighted by molar-refractivity contribution is -0.114. The maximum atomic E-state index is 14.3. The molecule has 3 nitrogen and oxygen atoms in total. The van der Waals surface area contributed by atoms with E-state index in [1.54, 1.807) is 6.07 Å². The monoisotopic (exact) mass is 285 g/mol. The Labute approximate surface area is 122 Å². The molecule has 1 aliphatic rings. The van der Waals surface area contributed by atoms with Gasteiger partial charge in [0.15, 0.2) is 0 Å². The summed E-state index contributed by atoms with van der Waals surface area (Å²) >= 11 is 0. The number of hydrogen-bond acceptors (Lipinski definition) is 3. The molecule has 4 heteroatoms. The smallest absolute Gasteiger partial charge is 0.150 e. The SMILES string of the molecule is O=CC(O)CN1CCc2cc(F)c(-c3ccccc3)cc21. The second-order valence-electron chi connectivity index (χ2n) is 5.23. The van der Waals surface area contributed by atoms with Crippen LogP contribution in [-0.4, -0.2) is 30.6 Å². The van der Waals surface area contributed by atoms with Gasteiger partial charge in [-0.3, -0.25) is 0 Å². The molecule has 21 heavy (non-hydrogen) atoms. The maximum absolute atomic E-state index is 14.3. The van der Waals surface area contributed by atoms with Crippen LogP contribution in [0, 0.1) is 5.82 Å². The van der Waals surface area contributed by atoms with Crippen molar-refractivity contribution in [2.75, 3.05) is 18.0 Å². The zero-order valence-corrected chi connectivity index (χ0v) is 11.5. The van der Waals surface area contributed by atoms with Crippen molar-refractivity contribution in [1.29, 1.82) is 0 Å². The number of carbonyl (C=O) groups is 1. The van der Waals surface area contributed by atoms with Crippen molar-refractivity contribution in [2.45, 2.75) is 12.5 Å². The lowest BCUT2D eigenvalue weighted by Crippen LogP contribution is -2.31. The molecule has 108 valence electrons. The summed E-state index contributed by atoms with van der Waals surface area (Å²) in [6, 6.07) is 12.7. The number of aldehydes is 1. The molecule has 0 radical (unpaired) electrons. The molecule has 2 aromatic carbocycles. The Morgan fingerprint density at radius 1 is 1.29 bits per heavy atom. The Hall–Kier alpha value is -2.20. The first kappa shape index (κ1) is 13.8. The van der Waals surface area contributed by atoms with Crippen molar-refractivity contribution in [3.8, 4) is 11.1 Å². The third-order valence-electron chi connectivity index (χ3n) is 3.81. The number of fused-ring (bicyclic) bond motifs is 1. The largest absolute Gasteiger partial charge is 0.384 e. The van der Waals surface area contributed by atoms with Gasteiger partial charge < -0.3 is 14.8 Å². The van der Waals surface area contributed by atoms with E-state index in [4.69, 9.17) is 0 Å². The van der Waals surface area contributed by atoms with Crippen LogP contribution in [-0.2, 0) is 11.2 Å². The quantitative estimate of drug-likeness (QED) is 0.877. The van der Waals surface area contributed by atoms with Gasteiger partial charge in [-0.1, -0.05) is 30.3 Å². The summed E-state index contributed by atoms with van der Waals surface area (Å²) in [5.41, 5.74) is 3.18. The highest BCUT2D eigenvalue weighted by Gasteiger charge is 2.23. The predicted octanol–water partition coefficient (Wildman–Crippen LogP) is 2.42. The molecule has 0 saturated heterocycles. The van der Waals surface area contributed by atoms with Crippen molar-refractivity contribution in [1.82, 2.24) is 0 Å². The third-order valence-corrected chi connectivity index (χ3v) is 3.81. The minimum atomic E-state index is -1.01. The summed E-state index contributed by atoms with van der Waals surface area (Å²) in [6.45, 7) is 0.939. The Morgan fingerprint density at radius 3 is 2.76 bits per heavy atom. The van der Waals surface area contributed by atoms with Crippen molar-refractivity contribution in [2.24, 2.45) is 0 Å². The van der Waals surface area contributed by atoms with Crippen LogP contribution in [0.1, 0.15) is 5.56 Å². The molecular weight excluding hydrogens is 269 g/mol. The molecule has 0 bridgehead atoms. The standard InChI is InChI=1S/C17H16FNO2/c18-16-8-13-6-7-19(10-14(21)11-20)17(13)9-15(16)12-4-2-1-3-5-12/h1-5,8-9,11,14,21H,6-7,10H2. The van der Waals surface area contributed by atoms with Crippen molar-refractivity contribution in [3.63, 3.8) is 0 Å². The van der Waals surface area contributed by atoms with Crippen LogP contribution in [0.15, 0.2) is 42.5 Å². The second kappa shape index (κ2) is 5.66. The van der Waals surface area contributed by atoms with E-state index in [1.807, 2.05) is 41.3 Å². The summed E-state index contributed by atoms with van der Waals surface area (Å²) in [4.78, 5) is 12.5. The summed E-state index contributed by atoms with van der Waals surface area (Å²) in [7, 11) is 0. The number of β-amino-alcohol motifs (C(OH)–C–C–N with tert-alkyl or cyclic N) is 1. The minimum absolute atomic E-state index is 0.238. The van der Waals surface area contributed by atoms with E-state index in [9.17, 15) is 14.3 Å². The van der Waals surface area contributed by atoms with E-state index >= 15 is 0 Å². The molecule has 2 aromatic rings. The van der Waals surface area contributed by atoms with Gasteiger partial charge in [-0.25, -0.2) is 4.39 Å². The number of benzene rings is 2. The molecule has 1 heterocycles. The van der Waals surface area contributed by atoms with Gasteiger partial charge in [-0.15, -0.1) is 0 Å². The van der Waals surface area contributed by atoms with Crippen LogP contribution in [0.4, 0.5) is 10.1 Å². The molecular formula is C17H16FNO2. The fourth-order valence-corrected chi connectivity index (χ4v) is 2.77. The molecule has 1 unspecified atom stereocenters. The van der Waals surface area contributed by atoms with Crippen LogP contribution in [0.5, 0.6) is 0 Å². The first-order valence-electron chi connectivity index (χ1n) is 6.95. The van der Waals surface area contributed by atoms with E-state index in [-0.39, 0.29) is 12.4 Å². The minimum Gasteiger partial charge on any atom is -0.384 e. The van der Waals surface area contributed by atoms with Gasteiger partial charge in [0, 0.05) is 17.8 Å². The van der Waals surface area contributed by atoms with Crippen molar-refractivity contribution >= 4 is 12.0 Å². The van der Waals surface area contributed by atoms with Crippen LogP contribution in [0.25, 0.3) is 11.1 Å². The highest BCUT2D eigenvalue weighted by molar-refractivity contribution is 5.73. The first-order valence-corrected chi connectivity index (χ1v) is 6.95. The number of rotatable bonds is 4. The molecule has 1 N–H and O–H groups in total. The second-order valence-corrected chi connectivity index (χ2v) is 5.23. The van der Waals surface area contributed by atoms with Crippen molar-refractivity contribution < 1.29 is 14.3 Å². The highest BCUT2D eigenvalue weighted by Crippen LogP contribution is 2.34. The fraction of sp³-hybridized carbons (Fsp3) is 0.235. The summed E-state index contributed by atoms with van der Waals surface area (Å²) in [6.07, 6.45) is 0.244. The number of anilines is 1. The molecule has 0 spiro atoms. The van der Waals surface area contributed by atoms with Gasteiger partial charge in [0.2, 0.25) is 0 Å². The average molecular weight is 285 g/mol. The average Bonchev–Trinajstić information content (AvgIpc) is 2.89. The van der Waals surface area contributed by atoms with Crippen LogP contribution in [0.2, 0.25) is 0 Å². The van der Waals surface area contributed by atoms with E-state index in [2.05, 4.69) is 0 Å². The topological polar surface area (TPSA) is 40.5 Å². The number of carbonyl (C=O) groups excluding carboxylic acids is 1. The molecule has 1 aliphatic heterocycles. The molecule has 3 rings (SSSR count). The van der Waals surface area contributed by atoms with Crippen molar-refractivity contribution in [3.05, 3.63) is 53.8 Å². The van der Waals surface area contributed by atoms with Gasteiger partial charge >= 0.3 is 0 Å². The maximum Gasteiger partial charge on any atom is 0.150 e. The normalized spacial score (nSPS) is 14.9. The zero-order valence-electron chi connectivity index (χ0n) is 11.5. The van der Waals surface area contributed by atoms with Gasteiger partial charge in [-0.05, 0) is 29.7 Å². The Kier molecular flexibility index (Phi) is 3.71. The van der Waals surface area contributed by atoms with Crippen LogP contribution in [0.3, 0.4) is 0 Å². The number of aliphatic hydroxyl groups excluding tert-OH is 1. The Balaban J connectivity index is 1.99. The van der Waals surface area contributed by atoms with Gasteiger partial charge in [-0.2, -0.15) is 0 Å². The first-order chi connectivity index (χ1) is 10.2. The Morgan fingerprint density at radius 2 is 2.05 bits per heavy atom. The highest BCUT2D eigenvalue weighted by atomic mass is 19.1. The number of aliphatic hydroxyl groups is 1.